The van der Waals surface area contributed by atoms with Crippen LogP contribution in [0.5, 0.6) is 0 Å². The van der Waals surface area contributed by atoms with Gasteiger partial charge in [0.2, 0.25) is 5.91 Å². The van der Waals surface area contributed by atoms with Gasteiger partial charge in [-0.25, -0.2) is 0 Å². The van der Waals surface area contributed by atoms with E-state index >= 15 is 0 Å². The zero-order valence-corrected chi connectivity index (χ0v) is 10.7. The van der Waals surface area contributed by atoms with Crippen molar-refractivity contribution in [2.24, 2.45) is 17.6 Å². The Morgan fingerprint density at radius 1 is 1.31 bits per heavy atom. The lowest BCUT2D eigenvalue weighted by atomic mass is 9.84. The first-order chi connectivity index (χ1) is 7.63. The molecule has 1 saturated carbocycles. The molecule has 1 aliphatic rings. The Morgan fingerprint density at radius 3 is 2.50 bits per heavy atom. The summed E-state index contributed by atoms with van der Waals surface area (Å²) in [5, 5.41) is 3.12. The lowest BCUT2D eigenvalue weighted by molar-refractivity contribution is -0.122. The van der Waals surface area contributed by atoms with Crippen LogP contribution in [0.4, 0.5) is 0 Å². The highest BCUT2D eigenvalue weighted by molar-refractivity contribution is 5.76. The summed E-state index contributed by atoms with van der Waals surface area (Å²) in [5.41, 5.74) is 5.51. The fraction of sp³-hybridized carbons (Fsp3) is 0.923. The van der Waals surface area contributed by atoms with Gasteiger partial charge in [0.05, 0.1) is 0 Å². The van der Waals surface area contributed by atoms with Gasteiger partial charge in [-0.2, -0.15) is 0 Å². The van der Waals surface area contributed by atoms with E-state index in [9.17, 15) is 4.79 Å². The Hall–Kier alpha value is -0.570. The Bertz CT molecular complexity index is 212. The molecule has 1 rings (SSSR count). The summed E-state index contributed by atoms with van der Waals surface area (Å²) in [5.74, 6) is 1.14. The highest BCUT2D eigenvalue weighted by atomic mass is 16.1. The molecule has 0 bridgehead atoms. The quantitative estimate of drug-likeness (QED) is 0.754. The van der Waals surface area contributed by atoms with Gasteiger partial charge >= 0.3 is 0 Å². The van der Waals surface area contributed by atoms with E-state index in [2.05, 4.69) is 12.2 Å². The number of rotatable bonds is 5. The van der Waals surface area contributed by atoms with Crippen LogP contribution in [-0.2, 0) is 4.79 Å². The van der Waals surface area contributed by atoms with Gasteiger partial charge in [-0.1, -0.05) is 26.2 Å². The van der Waals surface area contributed by atoms with Crippen LogP contribution in [0.1, 0.15) is 52.4 Å². The summed E-state index contributed by atoms with van der Waals surface area (Å²) in [6.07, 6.45) is 7.12. The molecule has 0 aromatic carbocycles. The van der Waals surface area contributed by atoms with Gasteiger partial charge in [-0.15, -0.1) is 0 Å². The lowest BCUT2D eigenvalue weighted by Crippen LogP contribution is -2.39. The van der Waals surface area contributed by atoms with Crippen molar-refractivity contribution in [3.8, 4) is 0 Å². The Morgan fingerprint density at radius 2 is 1.94 bits per heavy atom. The van der Waals surface area contributed by atoms with Crippen molar-refractivity contribution in [3.05, 3.63) is 0 Å². The molecule has 3 nitrogen and oxygen atoms in total. The van der Waals surface area contributed by atoms with Crippen LogP contribution in [0.2, 0.25) is 0 Å². The highest BCUT2D eigenvalue weighted by Crippen LogP contribution is 2.26. The van der Waals surface area contributed by atoms with Crippen molar-refractivity contribution in [1.29, 1.82) is 0 Å². The molecule has 16 heavy (non-hydrogen) atoms. The molecule has 0 radical (unpaired) electrons. The topological polar surface area (TPSA) is 55.1 Å². The lowest BCUT2D eigenvalue weighted by Gasteiger charge is -2.28. The molecule has 0 aromatic heterocycles. The first-order valence-electron chi connectivity index (χ1n) is 6.63. The molecule has 0 heterocycles. The van der Waals surface area contributed by atoms with Crippen molar-refractivity contribution < 1.29 is 4.79 Å². The maximum atomic E-state index is 11.7. The Balaban J connectivity index is 2.26. The second-order valence-electron chi connectivity index (χ2n) is 5.30. The predicted molar refractivity (Wildman–Crippen MR) is 67.0 cm³/mol. The molecule has 1 unspecified atom stereocenters. The van der Waals surface area contributed by atoms with Gasteiger partial charge < -0.3 is 11.1 Å². The maximum absolute atomic E-state index is 11.7. The molecular weight excluding hydrogens is 200 g/mol. The fourth-order valence-electron chi connectivity index (χ4n) is 2.46. The number of hydrogen-bond acceptors (Lipinski definition) is 2. The van der Waals surface area contributed by atoms with Gasteiger partial charge in [0.15, 0.2) is 0 Å². The third kappa shape index (κ3) is 4.52. The van der Waals surface area contributed by atoms with Crippen LogP contribution in [0.3, 0.4) is 0 Å². The van der Waals surface area contributed by atoms with Gasteiger partial charge in [0.25, 0.3) is 0 Å². The Labute approximate surface area is 99.2 Å². The summed E-state index contributed by atoms with van der Waals surface area (Å²) in [6.45, 7) is 4.75. The van der Waals surface area contributed by atoms with Crippen LogP contribution in [0, 0.1) is 11.8 Å². The zero-order valence-electron chi connectivity index (χ0n) is 10.7. The fourth-order valence-corrected chi connectivity index (χ4v) is 2.46. The minimum Gasteiger partial charge on any atom is -0.353 e. The first kappa shape index (κ1) is 13.5. The molecule has 3 N–H and O–H groups in total. The number of nitrogens with two attached hydrogens (primary N) is 1. The summed E-state index contributed by atoms with van der Waals surface area (Å²) in [7, 11) is 0. The van der Waals surface area contributed by atoms with Crippen molar-refractivity contribution in [2.45, 2.75) is 58.4 Å². The molecule has 94 valence electrons. The molecule has 0 saturated heterocycles. The number of carbonyl (C=O) groups excluding carboxylic acids is 1. The number of hydrogen-bond donors (Lipinski definition) is 2. The average Bonchev–Trinajstić information content (AvgIpc) is 2.29. The monoisotopic (exact) mass is 226 g/mol. The van der Waals surface area contributed by atoms with E-state index in [0.29, 0.717) is 30.8 Å². The van der Waals surface area contributed by atoms with Gasteiger partial charge in [0, 0.05) is 12.5 Å². The second-order valence-corrected chi connectivity index (χ2v) is 5.30. The average molecular weight is 226 g/mol. The van der Waals surface area contributed by atoms with Gasteiger partial charge in [-0.3, -0.25) is 4.79 Å². The minimum atomic E-state index is 0.163. The van der Waals surface area contributed by atoms with Gasteiger partial charge in [-0.05, 0) is 38.1 Å². The van der Waals surface area contributed by atoms with Crippen LogP contribution in [-0.4, -0.2) is 18.5 Å². The molecule has 0 aromatic rings. The smallest absolute Gasteiger partial charge is 0.220 e. The van der Waals surface area contributed by atoms with E-state index < -0.39 is 0 Å². The van der Waals surface area contributed by atoms with Crippen LogP contribution in [0.15, 0.2) is 0 Å². The summed E-state index contributed by atoms with van der Waals surface area (Å²) >= 11 is 0. The van der Waals surface area contributed by atoms with E-state index in [-0.39, 0.29) is 5.91 Å². The van der Waals surface area contributed by atoms with E-state index in [4.69, 9.17) is 5.73 Å². The normalized spacial score (nSPS) is 21.4. The SMILES string of the molecule is CC(CN)CC(=O)N[C@@H](C)C1CCCCC1. The molecule has 1 amide bonds. The minimum absolute atomic E-state index is 0.163. The van der Waals surface area contributed by atoms with E-state index in [1.165, 1.54) is 32.1 Å². The van der Waals surface area contributed by atoms with Crippen LogP contribution < -0.4 is 11.1 Å². The van der Waals surface area contributed by atoms with Crippen molar-refractivity contribution in [2.75, 3.05) is 6.54 Å². The van der Waals surface area contributed by atoms with E-state index in [0.717, 1.165) is 0 Å². The third-order valence-electron chi connectivity index (χ3n) is 3.68. The standard InChI is InChI=1S/C13H26N2O/c1-10(9-14)8-13(16)15-11(2)12-6-4-3-5-7-12/h10-12H,3-9,14H2,1-2H3,(H,15,16)/t10?,11-/m0/s1. The molecule has 1 aliphatic carbocycles. The predicted octanol–water partition coefficient (Wildman–Crippen LogP) is 2.06. The van der Waals surface area contributed by atoms with Crippen molar-refractivity contribution in [1.82, 2.24) is 5.32 Å². The zero-order chi connectivity index (χ0) is 12.0. The van der Waals surface area contributed by atoms with Crippen molar-refractivity contribution >= 4 is 5.91 Å². The van der Waals surface area contributed by atoms with E-state index in [1.54, 1.807) is 0 Å². The molecular formula is C13H26N2O. The summed E-state index contributed by atoms with van der Waals surface area (Å²) in [6, 6.07) is 0.331. The third-order valence-corrected chi connectivity index (χ3v) is 3.68. The Kier molecular flexibility index (Phi) is 5.81. The number of nitrogens with one attached hydrogen (secondary N) is 1. The molecule has 1 fully saturated rings. The largest absolute Gasteiger partial charge is 0.353 e. The highest BCUT2D eigenvalue weighted by Gasteiger charge is 2.21. The molecule has 0 spiro atoms. The number of amides is 1. The summed E-state index contributed by atoms with van der Waals surface area (Å²) in [4.78, 5) is 11.7. The second kappa shape index (κ2) is 6.89. The van der Waals surface area contributed by atoms with Crippen LogP contribution in [0.25, 0.3) is 0 Å². The van der Waals surface area contributed by atoms with Crippen molar-refractivity contribution in [3.63, 3.8) is 0 Å². The van der Waals surface area contributed by atoms with Crippen LogP contribution >= 0.6 is 0 Å². The number of carbonyl (C=O) groups is 1. The maximum Gasteiger partial charge on any atom is 0.220 e. The first-order valence-corrected chi connectivity index (χ1v) is 6.63. The molecule has 3 heteroatoms. The molecule has 0 aliphatic heterocycles. The summed E-state index contributed by atoms with van der Waals surface area (Å²) < 4.78 is 0. The molecule has 2 atom stereocenters. The van der Waals surface area contributed by atoms with Gasteiger partial charge in [0.1, 0.15) is 0 Å². The van der Waals surface area contributed by atoms with E-state index in [1.807, 2.05) is 6.92 Å².